The van der Waals surface area contributed by atoms with Crippen LogP contribution < -0.4 is 0 Å². The second-order valence-corrected chi connectivity index (χ2v) is 4.37. The second kappa shape index (κ2) is 4.68. The quantitative estimate of drug-likeness (QED) is 0.835. The van der Waals surface area contributed by atoms with Crippen LogP contribution in [-0.2, 0) is 5.75 Å². The second-order valence-electron chi connectivity index (χ2n) is 2.94. The number of thioether (sulfide) groups is 1. The lowest BCUT2D eigenvalue weighted by Crippen LogP contribution is -1.87. The van der Waals surface area contributed by atoms with Gasteiger partial charge in [0.25, 0.3) is 0 Å². The van der Waals surface area contributed by atoms with Crippen molar-refractivity contribution in [2.75, 3.05) is 0 Å². The Hall–Kier alpha value is -1.00. The van der Waals surface area contributed by atoms with Crippen LogP contribution in [0.25, 0.3) is 0 Å². The lowest BCUT2D eigenvalue weighted by molar-refractivity contribution is 0.617. The molecule has 0 bridgehead atoms. The maximum Gasteiger partial charge on any atom is 0.128 e. The molecule has 15 heavy (non-hydrogen) atoms. The number of benzene rings is 1. The van der Waals surface area contributed by atoms with Crippen LogP contribution in [0.4, 0.5) is 4.39 Å². The number of rotatable bonds is 3. The Bertz CT molecular complexity index is 445. The fraction of sp³-hybridized carbons (Fsp3) is 0.100. The largest absolute Gasteiger partial charge is 0.285 e. The van der Waals surface area contributed by atoms with Crippen molar-refractivity contribution >= 4 is 23.4 Å². The normalized spacial score (nSPS) is 10.5. The minimum Gasteiger partial charge on any atom is -0.285 e. The standard InChI is InChI=1S/C10H8ClFN2S/c11-8-2-1-7(9(12)5-8)6-15-10-3-4-13-14-10/h1-5H,6H2,(H,13,14). The molecule has 5 heteroatoms. The predicted octanol–water partition coefficient (Wildman–Crippen LogP) is 3.49. The highest BCUT2D eigenvalue weighted by atomic mass is 35.5. The SMILES string of the molecule is Fc1cc(Cl)ccc1CSc1cc[nH]n1. The molecule has 0 saturated carbocycles. The molecule has 0 aliphatic heterocycles. The van der Waals surface area contributed by atoms with Gasteiger partial charge in [0.15, 0.2) is 0 Å². The Morgan fingerprint density at radius 3 is 2.93 bits per heavy atom. The minimum atomic E-state index is -0.273. The van der Waals surface area contributed by atoms with Crippen molar-refractivity contribution in [1.82, 2.24) is 10.2 Å². The molecule has 1 aromatic carbocycles. The number of halogens is 2. The van der Waals surface area contributed by atoms with Gasteiger partial charge in [-0.25, -0.2) is 4.39 Å². The molecular weight excluding hydrogens is 235 g/mol. The van der Waals surface area contributed by atoms with Gasteiger partial charge in [-0.1, -0.05) is 29.4 Å². The van der Waals surface area contributed by atoms with E-state index in [1.807, 2.05) is 6.07 Å². The third-order valence-corrected chi connectivity index (χ3v) is 3.08. The van der Waals surface area contributed by atoms with Gasteiger partial charge >= 0.3 is 0 Å². The van der Waals surface area contributed by atoms with Crippen molar-refractivity contribution in [3.8, 4) is 0 Å². The van der Waals surface area contributed by atoms with E-state index in [2.05, 4.69) is 10.2 Å². The van der Waals surface area contributed by atoms with Gasteiger partial charge in [-0.05, 0) is 23.8 Å². The van der Waals surface area contributed by atoms with E-state index in [9.17, 15) is 4.39 Å². The number of hydrogen-bond donors (Lipinski definition) is 1. The first-order valence-electron chi connectivity index (χ1n) is 4.32. The van der Waals surface area contributed by atoms with Crippen molar-refractivity contribution in [3.63, 3.8) is 0 Å². The number of nitrogens with one attached hydrogen (secondary N) is 1. The topological polar surface area (TPSA) is 28.7 Å². The van der Waals surface area contributed by atoms with Gasteiger partial charge in [-0.3, -0.25) is 5.10 Å². The molecule has 1 heterocycles. The van der Waals surface area contributed by atoms with E-state index in [4.69, 9.17) is 11.6 Å². The molecule has 0 saturated heterocycles. The van der Waals surface area contributed by atoms with E-state index in [1.54, 1.807) is 18.3 Å². The summed E-state index contributed by atoms with van der Waals surface area (Å²) in [6, 6.07) is 6.54. The summed E-state index contributed by atoms with van der Waals surface area (Å²) in [6.45, 7) is 0. The zero-order valence-corrected chi connectivity index (χ0v) is 9.28. The molecule has 0 aliphatic rings. The molecule has 2 nitrogen and oxygen atoms in total. The Balaban J connectivity index is 2.05. The summed E-state index contributed by atoms with van der Waals surface area (Å²) in [5.74, 6) is 0.277. The lowest BCUT2D eigenvalue weighted by atomic mass is 10.2. The average molecular weight is 243 g/mol. The predicted molar refractivity (Wildman–Crippen MR) is 59.6 cm³/mol. The molecule has 1 aromatic heterocycles. The highest BCUT2D eigenvalue weighted by molar-refractivity contribution is 7.98. The van der Waals surface area contributed by atoms with Gasteiger partial charge in [-0.2, -0.15) is 5.10 Å². The Labute approximate surface area is 95.8 Å². The maximum absolute atomic E-state index is 13.4. The van der Waals surface area contributed by atoms with Crippen molar-refractivity contribution in [1.29, 1.82) is 0 Å². The minimum absolute atomic E-state index is 0.273. The van der Waals surface area contributed by atoms with Crippen molar-refractivity contribution in [2.24, 2.45) is 0 Å². The van der Waals surface area contributed by atoms with Crippen LogP contribution in [0.3, 0.4) is 0 Å². The van der Waals surface area contributed by atoms with Gasteiger partial charge in [0.2, 0.25) is 0 Å². The van der Waals surface area contributed by atoms with Gasteiger partial charge in [0, 0.05) is 17.0 Å². The van der Waals surface area contributed by atoms with E-state index in [0.717, 1.165) is 5.03 Å². The van der Waals surface area contributed by atoms with Crippen molar-refractivity contribution in [2.45, 2.75) is 10.8 Å². The summed E-state index contributed by atoms with van der Waals surface area (Å²) in [5.41, 5.74) is 0.632. The Kier molecular flexibility index (Phi) is 3.28. The molecular formula is C10H8ClFN2S. The summed E-state index contributed by atoms with van der Waals surface area (Å²) >= 11 is 7.13. The summed E-state index contributed by atoms with van der Waals surface area (Å²) in [7, 11) is 0. The molecule has 0 radical (unpaired) electrons. The summed E-state index contributed by atoms with van der Waals surface area (Å²) in [6.07, 6.45) is 1.74. The number of nitrogens with zero attached hydrogens (tertiary/aromatic N) is 1. The van der Waals surface area contributed by atoms with Crippen molar-refractivity contribution < 1.29 is 4.39 Å². The number of hydrogen-bond acceptors (Lipinski definition) is 2. The van der Waals surface area contributed by atoms with Gasteiger partial charge in [-0.15, -0.1) is 0 Å². The van der Waals surface area contributed by atoms with E-state index >= 15 is 0 Å². The van der Waals surface area contributed by atoms with Crippen LogP contribution in [0.15, 0.2) is 35.5 Å². The first-order chi connectivity index (χ1) is 7.25. The molecule has 0 amide bonds. The first-order valence-corrected chi connectivity index (χ1v) is 5.68. The van der Waals surface area contributed by atoms with Crippen LogP contribution in [-0.4, -0.2) is 10.2 Å². The smallest absolute Gasteiger partial charge is 0.128 e. The Morgan fingerprint density at radius 2 is 2.27 bits per heavy atom. The molecule has 0 aliphatic carbocycles. The van der Waals surface area contributed by atoms with E-state index in [0.29, 0.717) is 16.3 Å². The van der Waals surface area contributed by atoms with Crippen LogP contribution >= 0.6 is 23.4 Å². The molecule has 0 spiro atoms. The highest BCUT2D eigenvalue weighted by Gasteiger charge is 2.04. The van der Waals surface area contributed by atoms with Gasteiger partial charge in [0.05, 0.1) is 0 Å². The van der Waals surface area contributed by atoms with Crippen LogP contribution in [0.2, 0.25) is 5.02 Å². The van der Waals surface area contributed by atoms with E-state index in [-0.39, 0.29) is 5.82 Å². The lowest BCUT2D eigenvalue weighted by Gasteiger charge is -2.01. The van der Waals surface area contributed by atoms with Gasteiger partial charge in [0.1, 0.15) is 10.8 Å². The van der Waals surface area contributed by atoms with Crippen molar-refractivity contribution in [3.05, 3.63) is 46.9 Å². The third-order valence-electron chi connectivity index (χ3n) is 1.87. The van der Waals surface area contributed by atoms with Gasteiger partial charge < -0.3 is 0 Å². The van der Waals surface area contributed by atoms with Crippen LogP contribution in [0.1, 0.15) is 5.56 Å². The van der Waals surface area contributed by atoms with E-state index in [1.165, 1.54) is 17.8 Å². The zero-order chi connectivity index (χ0) is 10.7. The third kappa shape index (κ3) is 2.73. The molecule has 0 unspecified atom stereocenters. The molecule has 2 aromatic rings. The summed E-state index contributed by atoms with van der Waals surface area (Å²) in [4.78, 5) is 0. The molecule has 0 atom stereocenters. The van der Waals surface area contributed by atoms with Crippen LogP contribution in [0.5, 0.6) is 0 Å². The monoisotopic (exact) mass is 242 g/mol. The molecule has 1 N–H and O–H groups in total. The summed E-state index contributed by atoms with van der Waals surface area (Å²) in [5, 5.41) is 7.94. The zero-order valence-electron chi connectivity index (χ0n) is 7.71. The number of aromatic amines is 1. The fourth-order valence-corrected chi connectivity index (χ4v) is 2.10. The number of H-pyrrole nitrogens is 1. The average Bonchev–Trinajstić information content (AvgIpc) is 2.69. The highest BCUT2D eigenvalue weighted by Crippen LogP contribution is 2.23. The molecule has 2 rings (SSSR count). The molecule has 0 fully saturated rings. The Morgan fingerprint density at radius 1 is 1.40 bits per heavy atom. The molecule has 78 valence electrons. The van der Waals surface area contributed by atoms with E-state index < -0.39 is 0 Å². The van der Waals surface area contributed by atoms with Crippen LogP contribution in [0, 0.1) is 5.82 Å². The maximum atomic E-state index is 13.4. The number of aromatic nitrogens is 2. The first kappa shape index (κ1) is 10.5. The summed E-state index contributed by atoms with van der Waals surface area (Å²) < 4.78 is 13.4. The fourth-order valence-electron chi connectivity index (χ4n) is 1.12.